The minimum atomic E-state index is -0.149. The topological polar surface area (TPSA) is 81.4 Å². The lowest BCUT2D eigenvalue weighted by molar-refractivity contribution is -0.122. The minimum Gasteiger partial charge on any atom is -0.358 e. The Hall–Kier alpha value is -0.780. The van der Waals surface area contributed by atoms with Crippen LogP contribution in [0.4, 0.5) is 0 Å². The quantitative estimate of drug-likeness (QED) is 0.379. The normalized spacial score (nSPS) is 10.0. The van der Waals surface area contributed by atoms with Crippen LogP contribution in [-0.2, 0) is 14.3 Å². The molecule has 0 rings (SSSR count). The Labute approximate surface area is 77.6 Å². The zero-order chi connectivity index (χ0) is 10.1. The second kappa shape index (κ2) is 7.85. The monoisotopic (exact) mass is 188 g/mol. The van der Waals surface area contributed by atoms with Gasteiger partial charge in [-0.05, 0) is 0 Å². The molecule has 0 aliphatic heterocycles. The van der Waals surface area contributed by atoms with Gasteiger partial charge >= 0.3 is 0 Å². The molecule has 13 heavy (non-hydrogen) atoms. The van der Waals surface area contributed by atoms with Crippen molar-refractivity contribution < 1.29 is 14.3 Å². The summed E-state index contributed by atoms with van der Waals surface area (Å²) >= 11 is 0. The molecule has 0 aliphatic carbocycles. The number of nitrogens with one attached hydrogen (secondary N) is 1. The van der Waals surface area contributed by atoms with Crippen LogP contribution in [0.25, 0.3) is 0 Å². The van der Waals surface area contributed by atoms with Crippen molar-refractivity contribution >= 4 is 11.6 Å². The molecular weight excluding hydrogens is 172 g/mol. The molecule has 0 unspecified atom stereocenters. The van der Waals surface area contributed by atoms with E-state index in [-0.39, 0.29) is 38.0 Å². The van der Waals surface area contributed by atoms with Gasteiger partial charge in [-0.25, -0.2) is 0 Å². The number of hydrogen-bond donors (Lipinski definition) is 2. The Morgan fingerprint density at radius 3 is 2.62 bits per heavy atom. The van der Waals surface area contributed by atoms with Gasteiger partial charge in [-0.1, -0.05) is 6.92 Å². The number of nitrogens with two attached hydrogens (primary N) is 1. The second-order valence-electron chi connectivity index (χ2n) is 2.55. The summed E-state index contributed by atoms with van der Waals surface area (Å²) in [4.78, 5) is 21.4. The van der Waals surface area contributed by atoms with E-state index >= 15 is 0 Å². The summed E-state index contributed by atoms with van der Waals surface area (Å²) in [6, 6.07) is 0. The Morgan fingerprint density at radius 1 is 1.38 bits per heavy atom. The zero-order valence-corrected chi connectivity index (χ0v) is 7.84. The third-order valence-electron chi connectivity index (χ3n) is 1.41. The highest BCUT2D eigenvalue weighted by Crippen LogP contribution is 1.78. The highest BCUT2D eigenvalue weighted by molar-refractivity contribution is 5.81. The van der Waals surface area contributed by atoms with Gasteiger partial charge in [-0.2, -0.15) is 0 Å². The van der Waals surface area contributed by atoms with Crippen molar-refractivity contribution in [2.75, 3.05) is 26.4 Å². The lowest BCUT2D eigenvalue weighted by Crippen LogP contribution is -2.27. The van der Waals surface area contributed by atoms with E-state index in [1.54, 1.807) is 6.92 Å². The van der Waals surface area contributed by atoms with Crippen LogP contribution in [0.1, 0.15) is 13.3 Å². The largest absolute Gasteiger partial charge is 0.358 e. The van der Waals surface area contributed by atoms with E-state index < -0.39 is 0 Å². The third kappa shape index (κ3) is 7.58. The Balaban J connectivity index is 3.17. The van der Waals surface area contributed by atoms with E-state index in [1.807, 2.05) is 0 Å². The molecular formula is C8H16N2O3. The van der Waals surface area contributed by atoms with Crippen LogP contribution in [0.5, 0.6) is 0 Å². The van der Waals surface area contributed by atoms with Crippen molar-refractivity contribution in [3.05, 3.63) is 0 Å². The van der Waals surface area contributed by atoms with E-state index in [9.17, 15) is 9.59 Å². The lowest BCUT2D eigenvalue weighted by Gasteiger charge is -2.03. The maximum absolute atomic E-state index is 10.8. The van der Waals surface area contributed by atoms with Crippen LogP contribution in [0.2, 0.25) is 0 Å². The standard InChI is InChI=1S/C8H16N2O3/c1-2-7(11)4-10-6-13-5-8(12)3-9/h10H,2-6,9H2,1H3. The number of rotatable bonds is 8. The molecule has 3 N–H and O–H groups in total. The van der Waals surface area contributed by atoms with E-state index in [2.05, 4.69) is 5.32 Å². The molecule has 76 valence electrons. The first kappa shape index (κ1) is 12.2. The number of Topliss-reactive ketones (excluding diaryl/α,β-unsaturated/α-hetero) is 2. The van der Waals surface area contributed by atoms with Crippen LogP contribution < -0.4 is 11.1 Å². The summed E-state index contributed by atoms with van der Waals surface area (Å²) < 4.78 is 4.89. The molecule has 0 bridgehead atoms. The summed E-state index contributed by atoms with van der Waals surface area (Å²) in [5, 5.41) is 2.75. The van der Waals surface area contributed by atoms with Gasteiger partial charge < -0.3 is 10.5 Å². The van der Waals surface area contributed by atoms with Crippen LogP contribution in [-0.4, -0.2) is 38.0 Å². The summed E-state index contributed by atoms with van der Waals surface area (Å²) in [5.41, 5.74) is 5.05. The summed E-state index contributed by atoms with van der Waals surface area (Å²) in [6.07, 6.45) is 0.509. The van der Waals surface area contributed by atoms with Gasteiger partial charge in [-0.3, -0.25) is 14.9 Å². The first-order valence-corrected chi connectivity index (χ1v) is 4.22. The molecule has 0 aromatic heterocycles. The van der Waals surface area contributed by atoms with Gasteiger partial charge in [0.25, 0.3) is 0 Å². The Kier molecular flexibility index (Phi) is 7.38. The van der Waals surface area contributed by atoms with Crippen LogP contribution >= 0.6 is 0 Å². The first-order valence-electron chi connectivity index (χ1n) is 4.22. The van der Waals surface area contributed by atoms with Crippen LogP contribution in [0.3, 0.4) is 0 Å². The van der Waals surface area contributed by atoms with Crippen molar-refractivity contribution in [1.82, 2.24) is 5.32 Å². The van der Waals surface area contributed by atoms with Crippen molar-refractivity contribution in [2.45, 2.75) is 13.3 Å². The lowest BCUT2D eigenvalue weighted by atomic mass is 10.3. The molecule has 0 atom stereocenters. The van der Waals surface area contributed by atoms with E-state index in [0.29, 0.717) is 6.42 Å². The fourth-order valence-corrected chi connectivity index (χ4v) is 0.611. The minimum absolute atomic E-state index is 0.00379. The molecule has 0 amide bonds. The maximum Gasteiger partial charge on any atom is 0.172 e. The van der Waals surface area contributed by atoms with Crippen molar-refractivity contribution in [3.63, 3.8) is 0 Å². The number of ether oxygens (including phenoxy) is 1. The van der Waals surface area contributed by atoms with Crippen LogP contribution in [0.15, 0.2) is 0 Å². The van der Waals surface area contributed by atoms with Gasteiger partial charge in [0.2, 0.25) is 0 Å². The maximum atomic E-state index is 10.8. The molecule has 0 heterocycles. The second-order valence-corrected chi connectivity index (χ2v) is 2.55. The smallest absolute Gasteiger partial charge is 0.172 e. The van der Waals surface area contributed by atoms with E-state index in [0.717, 1.165) is 0 Å². The summed E-state index contributed by atoms with van der Waals surface area (Å²) in [6.45, 7) is 2.28. The predicted octanol–water partition coefficient (Wildman–Crippen LogP) is -0.943. The molecule has 0 aliphatic rings. The van der Waals surface area contributed by atoms with Gasteiger partial charge in [-0.15, -0.1) is 0 Å². The summed E-state index contributed by atoms with van der Waals surface area (Å²) in [5.74, 6) is -0.0302. The van der Waals surface area contributed by atoms with Gasteiger partial charge in [0.05, 0.1) is 19.8 Å². The number of hydrogen-bond acceptors (Lipinski definition) is 5. The SMILES string of the molecule is CCC(=O)CNCOCC(=O)CN. The van der Waals surface area contributed by atoms with Crippen molar-refractivity contribution in [3.8, 4) is 0 Å². The number of carbonyl (C=O) groups is 2. The fourth-order valence-electron chi connectivity index (χ4n) is 0.611. The Morgan fingerprint density at radius 2 is 2.08 bits per heavy atom. The van der Waals surface area contributed by atoms with Crippen molar-refractivity contribution in [1.29, 1.82) is 0 Å². The average Bonchev–Trinajstić information content (AvgIpc) is 2.16. The van der Waals surface area contributed by atoms with E-state index in [1.165, 1.54) is 0 Å². The average molecular weight is 188 g/mol. The predicted molar refractivity (Wildman–Crippen MR) is 48.2 cm³/mol. The molecule has 5 heteroatoms. The molecule has 0 saturated carbocycles. The fraction of sp³-hybridized carbons (Fsp3) is 0.750. The molecule has 0 aromatic rings. The molecule has 5 nitrogen and oxygen atoms in total. The van der Waals surface area contributed by atoms with Crippen molar-refractivity contribution in [2.24, 2.45) is 5.73 Å². The van der Waals surface area contributed by atoms with Gasteiger partial charge in [0, 0.05) is 6.42 Å². The molecule has 0 spiro atoms. The van der Waals surface area contributed by atoms with Crippen LogP contribution in [0, 0.1) is 0 Å². The molecule has 0 saturated heterocycles. The highest BCUT2D eigenvalue weighted by atomic mass is 16.5. The zero-order valence-electron chi connectivity index (χ0n) is 7.84. The molecule has 0 radical (unpaired) electrons. The Bertz CT molecular complexity index is 153. The summed E-state index contributed by atoms with van der Waals surface area (Å²) in [7, 11) is 0. The molecule has 0 aromatic carbocycles. The molecule has 0 fully saturated rings. The number of ketones is 2. The highest BCUT2D eigenvalue weighted by Gasteiger charge is 1.98. The number of carbonyl (C=O) groups excluding carboxylic acids is 2. The third-order valence-corrected chi connectivity index (χ3v) is 1.41. The van der Waals surface area contributed by atoms with E-state index in [4.69, 9.17) is 10.5 Å². The van der Waals surface area contributed by atoms with Gasteiger partial charge in [0.15, 0.2) is 5.78 Å². The first-order chi connectivity index (χ1) is 6.20. The van der Waals surface area contributed by atoms with Gasteiger partial charge in [0.1, 0.15) is 12.4 Å².